The van der Waals surface area contributed by atoms with Crippen LogP contribution in [0.1, 0.15) is 19.3 Å². The van der Waals surface area contributed by atoms with Gasteiger partial charge in [-0.15, -0.1) is 0 Å². The first-order chi connectivity index (χ1) is 6.76. The Bertz CT molecular complexity index is 224. The van der Waals surface area contributed by atoms with Gasteiger partial charge in [-0.25, -0.2) is 0 Å². The first-order valence-corrected chi connectivity index (χ1v) is 5.01. The number of hydrogen-bond donors (Lipinski definition) is 0. The van der Waals surface area contributed by atoms with E-state index < -0.39 is 0 Å². The van der Waals surface area contributed by atoms with E-state index >= 15 is 0 Å². The van der Waals surface area contributed by atoms with E-state index in [4.69, 9.17) is 14.2 Å². The van der Waals surface area contributed by atoms with Gasteiger partial charge in [0, 0.05) is 26.1 Å². The van der Waals surface area contributed by atoms with Gasteiger partial charge in [-0.1, -0.05) is 0 Å². The van der Waals surface area contributed by atoms with Crippen LogP contribution < -0.4 is 0 Å². The van der Waals surface area contributed by atoms with E-state index in [1.165, 1.54) is 0 Å². The minimum Gasteiger partial charge on any atom is -0.462 e. The van der Waals surface area contributed by atoms with Gasteiger partial charge in [0.05, 0.1) is 6.42 Å². The van der Waals surface area contributed by atoms with Crippen LogP contribution in [0.15, 0.2) is 0 Å². The Kier molecular flexibility index (Phi) is 2.74. The number of methoxy groups -OCH3 is 2. The van der Waals surface area contributed by atoms with E-state index in [1.807, 2.05) is 0 Å². The van der Waals surface area contributed by atoms with Gasteiger partial charge in [0.25, 0.3) is 0 Å². The van der Waals surface area contributed by atoms with Crippen LogP contribution in [0.4, 0.5) is 0 Å². The molecule has 1 aliphatic heterocycles. The lowest BCUT2D eigenvalue weighted by atomic mass is 9.93. The molecule has 80 valence electrons. The molecule has 0 bridgehead atoms. The second kappa shape index (κ2) is 3.87. The SMILES string of the molecule is COC(OC)[C@@H]1CC[C@@H]2OC(=O)C[C@@H]21. The highest BCUT2D eigenvalue weighted by molar-refractivity contribution is 5.72. The van der Waals surface area contributed by atoms with Gasteiger partial charge in [-0.2, -0.15) is 0 Å². The third-order valence-electron chi connectivity index (χ3n) is 3.31. The lowest BCUT2D eigenvalue weighted by Crippen LogP contribution is -2.29. The van der Waals surface area contributed by atoms with E-state index in [-0.39, 0.29) is 18.4 Å². The average molecular weight is 200 g/mol. The van der Waals surface area contributed by atoms with Gasteiger partial charge in [0.2, 0.25) is 0 Å². The van der Waals surface area contributed by atoms with Crippen molar-refractivity contribution in [3.8, 4) is 0 Å². The molecule has 0 spiro atoms. The molecule has 4 heteroatoms. The Balaban J connectivity index is 2.04. The molecule has 0 aromatic rings. The molecule has 1 heterocycles. The largest absolute Gasteiger partial charge is 0.462 e. The quantitative estimate of drug-likeness (QED) is 0.502. The maximum Gasteiger partial charge on any atom is 0.306 e. The van der Waals surface area contributed by atoms with Crippen LogP contribution >= 0.6 is 0 Å². The van der Waals surface area contributed by atoms with Gasteiger partial charge >= 0.3 is 5.97 Å². The molecule has 0 aromatic carbocycles. The highest BCUT2D eigenvalue weighted by atomic mass is 16.7. The zero-order chi connectivity index (χ0) is 10.1. The van der Waals surface area contributed by atoms with Crippen LogP contribution in [0.2, 0.25) is 0 Å². The molecule has 0 amide bonds. The average Bonchev–Trinajstić information content (AvgIpc) is 2.68. The van der Waals surface area contributed by atoms with Crippen molar-refractivity contribution in [1.29, 1.82) is 0 Å². The standard InChI is InChI=1S/C10H16O4/c1-12-10(13-2)6-3-4-8-7(6)5-9(11)14-8/h6-8,10H,3-5H2,1-2H3/t6-,7-,8+/m1/s1. The molecule has 0 unspecified atom stereocenters. The van der Waals surface area contributed by atoms with Crippen LogP contribution in [0, 0.1) is 11.8 Å². The maximum atomic E-state index is 11.1. The molecule has 14 heavy (non-hydrogen) atoms. The molecule has 0 N–H and O–H groups in total. The van der Waals surface area contributed by atoms with Gasteiger partial charge < -0.3 is 14.2 Å². The van der Waals surface area contributed by atoms with Crippen LogP contribution in [0.5, 0.6) is 0 Å². The zero-order valence-electron chi connectivity index (χ0n) is 8.56. The molecule has 1 saturated carbocycles. The van der Waals surface area contributed by atoms with Gasteiger partial charge in [-0.3, -0.25) is 4.79 Å². The van der Waals surface area contributed by atoms with Crippen molar-refractivity contribution in [1.82, 2.24) is 0 Å². The first kappa shape index (κ1) is 9.93. The summed E-state index contributed by atoms with van der Waals surface area (Å²) in [4.78, 5) is 11.1. The number of hydrogen-bond acceptors (Lipinski definition) is 4. The van der Waals surface area contributed by atoms with Gasteiger partial charge in [0.15, 0.2) is 6.29 Å². The second-order valence-corrected chi connectivity index (χ2v) is 3.98. The Morgan fingerprint density at radius 2 is 2.07 bits per heavy atom. The number of carbonyl (C=O) groups is 1. The number of fused-ring (bicyclic) bond motifs is 1. The summed E-state index contributed by atoms with van der Waals surface area (Å²) in [5.41, 5.74) is 0. The predicted octanol–water partition coefficient (Wildman–Crippen LogP) is 0.947. The van der Waals surface area contributed by atoms with E-state index in [0.717, 1.165) is 12.8 Å². The summed E-state index contributed by atoms with van der Waals surface area (Å²) >= 11 is 0. The Hall–Kier alpha value is -0.610. The van der Waals surface area contributed by atoms with E-state index in [1.54, 1.807) is 14.2 Å². The fraction of sp³-hybridized carbons (Fsp3) is 0.900. The second-order valence-electron chi connectivity index (χ2n) is 3.98. The van der Waals surface area contributed by atoms with Crippen molar-refractivity contribution in [2.45, 2.75) is 31.7 Å². The highest BCUT2D eigenvalue weighted by Crippen LogP contribution is 2.43. The molecule has 2 rings (SSSR count). The zero-order valence-corrected chi connectivity index (χ0v) is 8.56. The maximum absolute atomic E-state index is 11.1. The topological polar surface area (TPSA) is 44.8 Å². The third kappa shape index (κ3) is 1.53. The first-order valence-electron chi connectivity index (χ1n) is 5.01. The normalized spacial score (nSPS) is 36.2. The van der Waals surface area contributed by atoms with E-state index in [0.29, 0.717) is 18.3 Å². The molecule has 0 aromatic heterocycles. The van der Waals surface area contributed by atoms with Crippen molar-refractivity contribution in [2.75, 3.05) is 14.2 Å². The minimum atomic E-state index is -0.195. The Morgan fingerprint density at radius 1 is 1.36 bits per heavy atom. The van der Waals surface area contributed by atoms with Crippen LogP contribution in [0.3, 0.4) is 0 Å². The monoisotopic (exact) mass is 200 g/mol. The molecule has 4 nitrogen and oxygen atoms in total. The lowest BCUT2D eigenvalue weighted by Gasteiger charge is -2.24. The fourth-order valence-electron chi connectivity index (χ4n) is 2.68. The predicted molar refractivity (Wildman–Crippen MR) is 48.5 cm³/mol. The molecule has 2 fully saturated rings. The summed E-state index contributed by atoms with van der Waals surface area (Å²) in [5.74, 6) is 0.532. The van der Waals surface area contributed by atoms with E-state index in [2.05, 4.69) is 0 Å². The number of esters is 1. The van der Waals surface area contributed by atoms with Gasteiger partial charge in [-0.05, 0) is 12.8 Å². The van der Waals surface area contributed by atoms with Crippen molar-refractivity contribution in [2.24, 2.45) is 11.8 Å². The van der Waals surface area contributed by atoms with Crippen molar-refractivity contribution in [3.05, 3.63) is 0 Å². The number of ether oxygens (including phenoxy) is 3. The third-order valence-corrected chi connectivity index (χ3v) is 3.31. The molecule has 1 saturated heterocycles. The molecular formula is C10H16O4. The highest BCUT2D eigenvalue weighted by Gasteiger charge is 2.47. The fourth-order valence-corrected chi connectivity index (χ4v) is 2.68. The van der Waals surface area contributed by atoms with Gasteiger partial charge in [0.1, 0.15) is 6.10 Å². The van der Waals surface area contributed by atoms with Crippen LogP contribution in [0.25, 0.3) is 0 Å². The van der Waals surface area contributed by atoms with Crippen LogP contribution in [-0.2, 0) is 19.0 Å². The Morgan fingerprint density at radius 3 is 2.71 bits per heavy atom. The molecule has 3 atom stereocenters. The molecule has 2 aliphatic rings. The molecule has 0 radical (unpaired) electrons. The summed E-state index contributed by atoms with van der Waals surface area (Å²) < 4.78 is 15.7. The van der Waals surface area contributed by atoms with Crippen LogP contribution in [-0.4, -0.2) is 32.6 Å². The summed E-state index contributed by atoms with van der Waals surface area (Å²) in [6.45, 7) is 0. The van der Waals surface area contributed by atoms with E-state index in [9.17, 15) is 4.79 Å². The van der Waals surface area contributed by atoms with Crippen molar-refractivity contribution in [3.63, 3.8) is 0 Å². The Labute approximate surface area is 83.5 Å². The molecule has 1 aliphatic carbocycles. The summed E-state index contributed by atoms with van der Waals surface area (Å²) in [6.07, 6.45) is 2.41. The molecular weight excluding hydrogens is 184 g/mol. The minimum absolute atomic E-state index is 0.0735. The number of rotatable bonds is 3. The summed E-state index contributed by atoms with van der Waals surface area (Å²) in [7, 11) is 3.28. The summed E-state index contributed by atoms with van der Waals surface area (Å²) in [6, 6.07) is 0. The summed E-state index contributed by atoms with van der Waals surface area (Å²) in [5, 5.41) is 0. The lowest BCUT2D eigenvalue weighted by molar-refractivity contribution is -0.145. The smallest absolute Gasteiger partial charge is 0.306 e. The number of carbonyl (C=O) groups excluding carboxylic acids is 1. The van der Waals surface area contributed by atoms with Crippen molar-refractivity contribution >= 4 is 5.97 Å². The van der Waals surface area contributed by atoms with Crippen molar-refractivity contribution < 1.29 is 19.0 Å².